The van der Waals surface area contributed by atoms with Gasteiger partial charge >= 0.3 is 5.97 Å². The molecule has 0 atom stereocenters. The summed E-state index contributed by atoms with van der Waals surface area (Å²) in [5.74, 6) is 1.28. The Morgan fingerprint density at radius 1 is 1.03 bits per heavy atom. The number of aromatic nitrogens is 4. The smallest absolute Gasteiger partial charge is 0.358 e. The van der Waals surface area contributed by atoms with Gasteiger partial charge in [-0.2, -0.15) is 0 Å². The highest BCUT2D eigenvalue weighted by Gasteiger charge is 2.16. The summed E-state index contributed by atoms with van der Waals surface area (Å²) in [5, 5.41) is 4.85. The molecular formula is C21H18N4O4S2. The summed E-state index contributed by atoms with van der Waals surface area (Å²) in [7, 11) is 1.60. The molecule has 0 aliphatic carbocycles. The highest BCUT2D eigenvalue weighted by atomic mass is 32.1. The number of ether oxygens (including phenoxy) is 3. The van der Waals surface area contributed by atoms with Crippen molar-refractivity contribution in [1.29, 1.82) is 0 Å². The number of hydrogen-bond donors (Lipinski definition) is 0. The van der Waals surface area contributed by atoms with Gasteiger partial charge in [0.15, 0.2) is 28.0 Å². The minimum absolute atomic E-state index is 0.0538. The van der Waals surface area contributed by atoms with Crippen LogP contribution in [0.4, 0.5) is 0 Å². The number of hydrogen-bond acceptors (Lipinski definition) is 10. The maximum absolute atomic E-state index is 12.3. The van der Waals surface area contributed by atoms with Gasteiger partial charge in [-0.1, -0.05) is 0 Å². The van der Waals surface area contributed by atoms with Crippen molar-refractivity contribution >= 4 is 28.6 Å². The minimum Gasteiger partial charge on any atom is -0.493 e. The van der Waals surface area contributed by atoms with Crippen molar-refractivity contribution in [2.24, 2.45) is 0 Å². The number of rotatable bonds is 8. The Labute approximate surface area is 186 Å². The fourth-order valence-electron chi connectivity index (χ4n) is 2.67. The third-order valence-corrected chi connectivity index (χ3v) is 5.86. The predicted octanol–water partition coefficient (Wildman–Crippen LogP) is 4.49. The van der Waals surface area contributed by atoms with E-state index in [9.17, 15) is 4.79 Å². The third kappa shape index (κ3) is 4.86. The first-order valence-corrected chi connectivity index (χ1v) is 11.1. The Morgan fingerprint density at radius 2 is 1.84 bits per heavy atom. The number of esters is 1. The van der Waals surface area contributed by atoms with Gasteiger partial charge < -0.3 is 14.2 Å². The summed E-state index contributed by atoms with van der Waals surface area (Å²) in [6, 6.07) is 7.37. The van der Waals surface area contributed by atoms with Gasteiger partial charge in [0.05, 0.1) is 19.4 Å². The second kappa shape index (κ2) is 9.63. The van der Waals surface area contributed by atoms with Crippen LogP contribution in [0.2, 0.25) is 0 Å². The van der Waals surface area contributed by atoms with Crippen LogP contribution in [0, 0.1) is 0 Å². The lowest BCUT2D eigenvalue weighted by Crippen LogP contribution is -2.06. The van der Waals surface area contributed by atoms with Crippen molar-refractivity contribution in [2.75, 3.05) is 13.7 Å². The molecule has 0 aliphatic rings. The molecule has 0 fully saturated rings. The lowest BCUT2D eigenvalue weighted by molar-refractivity contribution is 0.0462. The molecular weight excluding hydrogens is 436 g/mol. The standard InChI is InChI=1S/C21H18N4O4S2/c1-3-28-16-6-5-13(9-17(16)27-2)19-24-14(11-30-19)10-29-21(26)15-12-31-20(25-15)18-22-7-4-8-23-18/h4-9,11-12H,3,10H2,1-2H3. The molecule has 10 heteroatoms. The number of methoxy groups -OCH3 is 1. The summed E-state index contributed by atoms with van der Waals surface area (Å²) in [5.41, 5.74) is 1.78. The van der Waals surface area contributed by atoms with Crippen molar-refractivity contribution in [1.82, 2.24) is 19.9 Å². The summed E-state index contributed by atoms with van der Waals surface area (Å²) < 4.78 is 16.3. The second-order valence-electron chi connectivity index (χ2n) is 6.13. The van der Waals surface area contributed by atoms with Gasteiger partial charge in [-0.05, 0) is 31.2 Å². The van der Waals surface area contributed by atoms with Gasteiger partial charge in [0, 0.05) is 28.7 Å². The predicted molar refractivity (Wildman–Crippen MR) is 118 cm³/mol. The van der Waals surface area contributed by atoms with E-state index in [1.54, 1.807) is 30.9 Å². The van der Waals surface area contributed by atoms with E-state index >= 15 is 0 Å². The fourth-order valence-corrected chi connectivity index (χ4v) is 4.21. The van der Waals surface area contributed by atoms with Crippen molar-refractivity contribution < 1.29 is 19.0 Å². The van der Waals surface area contributed by atoms with Crippen LogP contribution < -0.4 is 9.47 Å². The van der Waals surface area contributed by atoms with Gasteiger partial charge in [0.2, 0.25) is 0 Å². The Bertz CT molecular complexity index is 1180. The zero-order valence-electron chi connectivity index (χ0n) is 16.8. The van der Waals surface area contributed by atoms with Crippen molar-refractivity contribution in [3.8, 4) is 32.9 Å². The molecule has 4 aromatic rings. The molecule has 158 valence electrons. The molecule has 0 unspecified atom stereocenters. The Morgan fingerprint density at radius 3 is 2.61 bits per heavy atom. The minimum atomic E-state index is -0.518. The molecule has 0 spiro atoms. The van der Waals surface area contributed by atoms with E-state index in [-0.39, 0.29) is 12.3 Å². The van der Waals surface area contributed by atoms with E-state index in [1.165, 1.54) is 22.7 Å². The fraction of sp³-hybridized carbons (Fsp3) is 0.190. The van der Waals surface area contributed by atoms with Crippen LogP contribution in [-0.4, -0.2) is 39.6 Å². The monoisotopic (exact) mass is 454 g/mol. The van der Waals surface area contributed by atoms with Gasteiger partial charge in [-0.3, -0.25) is 0 Å². The van der Waals surface area contributed by atoms with E-state index in [0.717, 1.165) is 10.6 Å². The summed E-state index contributed by atoms with van der Waals surface area (Å²) in [6.07, 6.45) is 3.25. The molecule has 4 rings (SSSR count). The number of carbonyl (C=O) groups is 1. The molecule has 3 aromatic heterocycles. The van der Waals surface area contributed by atoms with Gasteiger partial charge in [-0.25, -0.2) is 24.7 Å². The molecule has 8 nitrogen and oxygen atoms in total. The van der Waals surface area contributed by atoms with Crippen LogP contribution in [-0.2, 0) is 11.3 Å². The van der Waals surface area contributed by atoms with E-state index in [0.29, 0.717) is 34.6 Å². The number of carbonyl (C=O) groups excluding carboxylic acids is 1. The first kappa shape index (κ1) is 20.9. The van der Waals surface area contributed by atoms with Crippen LogP contribution in [0.15, 0.2) is 47.4 Å². The van der Waals surface area contributed by atoms with Crippen LogP contribution in [0.5, 0.6) is 11.5 Å². The normalized spacial score (nSPS) is 10.6. The Kier molecular flexibility index (Phi) is 6.48. The van der Waals surface area contributed by atoms with Gasteiger partial charge in [0.25, 0.3) is 0 Å². The second-order valence-corrected chi connectivity index (χ2v) is 7.85. The maximum atomic E-state index is 12.3. The summed E-state index contributed by atoms with van der Waals surface area (Å²) in [6.45, 7) is 2.53. The average Bonchev–Trinajstić information content (AvgIpc) is 3.49. The Balaban J connectivity index is 1.41. The van der Waals surface area contributed by atoms with E-state index in [2.05, 4.69) is 19.9 Å². The highest BCUT2D eigenvalue weighted by molar-refractivity contribution is 7.13. The first-order chi connectivity index (χ1) is 15.2. The SMILES string of the molecule is CCOc1ccc(-c2nc(COC(=O)c3csc(-c4ncccn4)n3)cs2)cc1OC. The quantitative estimate of drug-likeness (QED) is 0.359. The molecule has 0 aliphatic heterocycles. The molecule has 0 amide bonds. The zero-order valence-corrected chi connectivity index (χ0v) is 18.4. The van der Waals surface area contributed by atoms with Gasteiger partial charge in [-0.15, -0.1) is 22.7 Å². The highest BCUT2D eigenvalue weighted by Crippen LogP contribution is 2.34. The third-order valence-electron chi connectivity index (χ3n) is 4.08. The topological polar surface area (TPSA) is 96.3 Å². The van der Waals surface area contributed by atoms with Crippen molar-refractivity contribution in [3.05, 3.63) is 58.8 Å². The van der Waals surface area contributed by atoms with E-state index in [4.69, 9.17) is 14.2 Å². The van der Waals surface area contributed by atoms with Crippen LogP contribution in [0.1, 0.15) is 23.1 Å². The number of nitrogens with zero attached hydrogens (tertiary/aromatic N) is 4. The largest absolute Gasteiger partial charge is 0.493 e. The van der Waals surface area contributed by atoms with Crippen LogP contribution in [0.3, 0.4) is 0 Å². The molecule has 3 heterocycles. The lowest BCUT2D eigenvalue weighted by Gasteiger charge is -2.09. The average molecular weight is 455 g/mol. The first-order valence-electron chi connectivity index (χ1n) is 9.33. The van der Waals surface area contributed by atoms with E-state index < -0.39 is 5.97 Å². The summed E-state index contributed by atoms with van der Waals surface area (Å²) in [4.78, 5) is 29.4. The van der Waals surface area contributed by atoms with Gasteiger partial charge in [0.1, 0.15) is 11.6 Å². The molecule has 1 aromatic carbocycles. The van der Waals surface area contributed by atoms with Crippen LogP contribution in [0.25, 0.3) is 21.4 Å². The molecule has 0 bridgehead atoms. The van der Waals surface area contributed by atoms with Crippen molar-refractivity contribution in [3.63, 3.8) is 0 Å². The van der Waals surface area contributed by atoms with Crippen molar-refractivity contribution in [2.45, 2.75) is 13.5 Å². The molecule has 0 radical (unpaired) electrons. The summed E-state index contributed by atoms with van der Waals surface area (Å²) >= 11 is 2.75. The molecule has 0 saturated heterocycles. The zero-order chi connectivity index (χ0) is 21.6. The Hall–Kier alpha value is -3.37. The lowest BCUT2D eigenvalue weighted by atomic mass is 10.2. The number of benzene rings is 1. The van der Waals surface area contributed by atoms with Crippen LogP contribution >= 0.6 is 22.7 Å². The number of thiazole rings is 2. The molecule has 0 saturated carbocycles. The maximum Gasteiger partial charge on any atom is 0.358 e. The molecule has 31 heavy (non-hydrogen) atoms. The molecule has 0 N–H and O–H groups in total. The van der Waals surface area contributed by atoms with E-state index in [1.807, 2.05) is 30.5 Å².